The number of benzene rings is 2. The van der Waals surface area contributed by atoms with Crippen LogP contribution in [0.25, 0.3) is 0 Å². The third kappa shape index (κ3) is 3.81. The molecule has 21 heavy (non-hydrogen) atoms. The maximum absolute atomic E-state index is 13.0. The Labute approximate surface area is 134 Å². The summed E-state index contributed by atoms with van der Waals surface area (Å²) in [6.45, 7) is 0.395. The Kier molecular flexibility index (Phi) is 4.94. The summed E-state index contributed by atoms with van der Waals surface area (Å²) in [5.74, 6) is -0.0786. The first-order chi connectivity index (χ1) is 10.0. The quantitative estimate of drug-likeness (QED) is 0.467. The van der Waals surface area contributed by atoms with Gasteiger partial charge < -0.3 is 10.1 Å². The molecule has 0 aliphatic rings. The molecule has 0 fully saturated rings. The van der Waals surface area contributed by atoms with Crippen molar-refractivity contribution in [3.63, 3.8) is 0 Å². The second-order valence-electron chi connectivity index (χ2n) is 4.24. The summed E-state index contributed by atoms with van der Waals surface area (Å²) in [6, 6.07) is 9.18. The predicted molar refractivity (Wildman–Crippen MR) is 86.1 cm³/mol. The number of halogens is 2. The van der Waals surface area contributed by atoms with Crippen molar-refractivity contribution >= 4 is 34.0 Å². The van der Waals surface area contributed by atoms with Gasteiger partial charge in [-0.05, 0) is 52.4 Å². The van der Waals surface area contributed by atoms with Crippen LogP contribution in [0.15, 0.2) is 36.4 Å². The van der Waals surface area contributed by atoms with E-state index in [2.05, 4.69) is 5.32 Å². The molecule has 0 aliphatic heterocycles. The fourth-order valence-electron chi connectivity index (χ4n) is 1.82. The largest absolute Gasteiger partial charge is 0.490 e. The van der Waals surface area contributed by atoms with Crippen LogP contribution in [0.1, 0.15) is 5.56 Å². The number of methoxy groups -OCH3 is 1. The SMILES string of the molecule is COc1ccc(CNc2ccc(F)cc2I)cc1[N+](=O)[O-]. The fraction of sp³-hybridized carbons (Fsp3) is 0.143. The lowest BCUT2D eigenvalue weighted by molar-refractivity contribution is -0.385. The molecule has 0 aliphatic carbocycles. The van der Waals surface area contributed by atoms with Crippen LogP contribution in [-0.4, -0.2) is 12.0 Å². The third-order valence-electron chi connectivity index (χ3n) is 2.85. The molecule has 0 spiro atoms. The van der Waals surface area contributed by atoms with Crippen molar-refractivity contribution in [3.8, 4) is 5.75 Å². The van der Waals surface area contributed by atoms with Gasteiger partial charge in [0.2, 0.25) is 0 Å². The Bertz CT molecular complexity index is 679. The molecule has 2 aromatic rings. The van der Waals surface area contributed by atoms with Crippen molar-refractivity contribution in [3.05, 3.63) is 61.5 Å². The number of hydrogen-bond acceptors (Lipinski definition) is 4. The maximum atomic E-state index is 13.0. The van der Waals surface area contributed by atoms with Crippen molar-refractivity contribution in [2.75, 3.05) is 12.4 Å². The van der Waals surface area contributed by atoms with Crippen LogP contribution in [0, 0.1) is 19.5 Å². The van der Waals surface area contributed by atoms with E-state index >= 15 is 0 Å². The first kappa shape index (κ1) is 15.5. The number of nitrogens with one attached hydrogen (secondary N) is 1. The maximum Gasteiger partial charge on any atom is 0.311 e. The Hall–Kier alpha value is -1.90. The molecule has 0 atom stereocenters. The molecule has 0 bridgehead atoms. The topological polar surface area (TPSA) is 64.4 Å². The van der Waals surface area contributed by atoms with E-state index in [0.717, 1.165) is 14.8 Å². The summed E-state index contributed by atoms with van der Waals surface area (Å²) >= 11 is 2.03. The van der Waals surface area contributed by atoms with Gasteiger partial charge in [-0.2, -0.15) is 0 Å². The van der Waals surface area contributed by atoms with Crippen molar-refractivity contribution in [1.29, 1.82) is 0 Å². The van der Waals surface area contributed by atoms with Gasteiger partial charge >= 0.3 is 5.69 Å². The fourth-order valence-corrected chi connectivity index (χ4v) is 2.49. The van der Waals surface area contributed by atoms with Gasteiger partial charge in [0.15, 0.2) is 5.75 Å². The molecular formula is C14H12FIN2O3. The zero-order valence-electron chi connectivity index (χ0n) is 11.1. The lowest BCUT2D eigenvalue weighted by Crippen LogP contribution is -2.02. The molecule has 0 amide bonds. The number of nitrogens with zero attached hydrogens (tertiary/aromatic N) is 1. The van der Waals surface area contributed by atoms with Gasteiger partial charge in [0.25, 0.3) is 0 Å². The van der Waals surface area contributed by atoms with E-state index < -0.39 is 4.92 Å². The first-order valence-corrected chi connectivity index (χ1v) is 7.09. The molecule has 7 heteroatoms. The van der Waals surface area contributed by atoms with Crippen LogP contribution in [0.4, 0.5) is 15.8 Å². The average molecular weight is 402 g/mol. The summed E-state index contributed by atoms with van der Waals surface area (Å²) in [5, 5.41) is 14.1. The summed E-state index contributed by atoms with van der Waals surface area (Å²) in [5.41, 5.74) is 1.43. The highest BCUT2D eigenvalue weighted by atomic mass is 127. The molecule has 2 rings (SSSR count). The Morgan fingerprint density at radius 2 is 2.10 bits per heavy atom. The zero-order valence-corrected chi connectivity index (χ0v) is 13.3. The monoisotopic (exact) mass is 402 g/mol. The van der Waals surface area contributed by atoms with E-state index in [-0.39, 0.29) is 17.3 Å². The van der Waals surface area contributed by atoms with E-state index in [0.29, 0.717) is 6.54 Å². The minimum Gasteiger partial charge on any atom is -0.490 e. The molecule has 5 nitrogen and oxygen atoms in total. The Balaban J connectivity index is 2.16. The van der Waals surface area contributed by atoms with Crippen LogP contribution >= 0.6 is 22.6 Å². The highest BCUT2D eigenvalue weighted by Crippen LogP contribution is 2.28. The minimum absolute atomic E-state index is 0.0781. The third-order valence-corrected chi connectivity index (χ3v) is 3.75. The highest BCUT2D eigenvalue weighted by Gasteiger charge is 2.15. The van der Waals surface area contributed by atoms with Crippen molar-refractivity contribution in [1.82, 2.24) is 0 Å². The van der Waals surface area contributed by atoms with Crippen molar-refractivity contribution in [2.45, 2.75) is 6.54 Å². The number of ether oxygens (including phenoxy) is 1. The molecule has 0 unspecified atom stereocenters. The highest BCUT2D eigenvalue weighted by molar-refractivity contribution is 14.1. The molecule has 1 N–H and O–H groups in total. The second-order valence-corrected chi connectivity index (χ2v) is 5.40. The van der Waals surface area contributed by atoms with E-state index in [9.17, 15) is 14.5 Å². The summed E-state index contributed by atoms with van der Waals surface area (Å²) in [4.78, 5) is 10.5. The molecule has 2 aromatic carbocycles. The first-order valence-electron chi connectivity index (χ1n) is 6.01. The summed E-state index contributed by atoms with van der Waals surface area (Å²) < 4.78 is 18.7. The Morgan fingerprint density at radius 1 is 1.33 bits per heavy atom. The van der Waals surface area contributed by atoms with Crippen LogP contribution in [-0.2, 0) is 6.54 Å². The molecule has 110 valence electrons. The zero-order chi connectivity index (χ0) is 15.4. The molecule has 0 saturated carbocycles. The minimum atomic E-state index is -0.482. The number of nitro groups is 1. The van der Waals surface area contributed by atoms with E-state index in [1.165, 1.54) is 25.3 Å². The lowest BCUT2D eigenvalue weighted by atomic mass is 10.2. The van der Waals surface area contributed by atoms with Crippen molar-refractivity contribution < 1.29 is 14.1 Å². The number of nitro benzene ring substituents is 1. The van der Waals surface area contributed by atoms with Gasteiger partial charge in [0.1, 0.15) is 5.82 Å². The van der Waals surface area contributed by atoms with E-state index in [4.69, 9.17) is 4.74 Å². The average Bonchev–Trinajstić information content (AvgIpc) is 2.46. The molecule has 0 radical (unpaired) electrons. The van der Waals surface area contributed by atoms with E-state index in [1.807, 2.05) is 22.6 Å². The van der Waals surface area contributed by atoms with Crippen molar-refractivity contribution in [2.24, 2.45) is 0 Å². The predicted octanol–water partition coefficient (Wildman–Crippen LogP) is 3.96. The normalized spacial score (nSPS) is 10.2. The molecule has 0 aromatic heterocycles. The van der Waals surface area contributed by atoms with E-state index in [1.54, 1.807) is 18.2 Å². The van der Waals surface area contributed by atoms with Crippen LogP contribution in [0.2, 0.25) is 0 Å². The van der Waals surface area contributed by atoms with Gasteiger partial charge in [-0.15, -0.1) is 0 Å². The standard InChI is InChI=1S/C14H12FIN2O3/c1-21-14-5-2-9(6-13(14)18(19)20)8-17-12-4-3-10(15)7-11(12)16/h2-7,17H,8H2,1H3. The number of hydrogen-bond donors (Lipinski definition) is 1. The summed E-state index contributed by atoms with van der Waals surface area (Å²) in [6.07, 6.45) is 0. The van der Waals surface area contributed by atoms with Gasteiger partial charge in [0, 0.05) is 21.9 Å². The molecular weight excluding hydrogens is 390 g/mol. The molecule has 0 saturated heterocycles. The molecule has 0 heterocycles. The lowest BCUT2D eigenvalue weighted by Gasteiger charge is -2.09. The van der Waals surface area contributed by atoms with Crippen LogP contribution < -0.4 is 10.1 Å². The van der Waals surface area contributed by atoms with Crippen LogP contribution in [0.3, 0.4) is 0 Å². The smallest absolute Gasteiger partial charge is 0.311 e. The Morgan fingerprint density at radius 3 is 2.71 bits per heavy atom. The van der Waals surface area contributed by atoms with Gasteiger partial charge in [-0.3, -0.25) is 10.1 Å². The number of rotatable bonds is 5. The second kappa shape index (κ2) is 6.70. The summed E-state index contributed by atoms with van der Waals surface area (Å²) in [7, 11) is 1.39. The number of anilines is 1. The van der Waals surface area contributed by atoms with Gasteiger partial charge in [0.05, 0.1) is 12.0 Å². The van der Waals surface area contributed by atoms with Gasteiger partial charge in [-0.1, -0.05) is 6.07 Å². The van der Waals surface area contributed by atoms with Gasteiger partial charge in [-0.25, -0.2) is 4.39 Å². The van der Waals surface area contributed by atoms with Crippen LogP contribution in [0.5, 0.6) is 5.75 Å².